The molecule has 0 fully saturated rings. The number of halogens is 3. The molecule has 4 N–H and O–H groups in total. The Labute approximate surface area is 90.5 Å². The van der Waals surface area contributed by atoms with E-state index < -0.39 is 30.4 Å². The third kappa shape index (κ3) is 4.85. The quantitative estimate of drug-likeness (QED) is 0.293. The summed E-state index contributed by atoms with van der Waals surface area (Å²) >= 11 is 0. The van der Waals surface area contributed by atoms with Crippen molar-refractivity contribution in [2.24, 2.45) is 22.7 Å². The monoisotopic (exact) mass is 241 g/mol. The summed E-state index contributed by atoms with van der Waals surface area (Å²) in [5.74, 6) is -2.77. The van der Waals surface area contributed by atoms with Gasteiger partial charge in [0.05, 0.1) is 0 Å². The molecule has 0 saturated carbocycles. The summed E-state index contributed by atoms with van der Waals surface area (Å²) in [6, 6.07) is 0. The average Bonchev–Trinajstić information content (AvgIpc) is 2.13. The van der Waals surface area contributed by atoms with Crippen LogP contribution in [0.2, 0.25) is 0 Å². The summed E-state index contributed by atoms with van der Waals surface area (Å²) in [7, 11) is 0. The lowest BCUT2D eigenvalue weighted by atomic mass is 9.94. The smallest absolute Gasteiger partial charge is 0.405 e. The Hall–Kier alpha value is -1.47. The maximum atomic E-state index is 11.8. The van der Waals surface area contributed by atoms with Crippen LogP contribution in [0.1, 0.15) is 13.8 Å². The molecule has 0 radical (unpaired) electrons. The first kappa shape index (κ1) is 14.5. The molecule has 0 aromatic heterocycles. The normalized spacial score (nSPS) is 15.0. The predicted molar refractivity (Wildman–Crippen MR) is 50.8 cm³/mol. The minimum absolute atomic E-state index is 0.371. The van der Waals surface area contributed by atoms with Crippen molar-refractivity contribution >= 4 is 11.7 Å². The minimum Gasteiger partial charge on any atom is -0.409 e. The van der Waals surface area contributed by atoms with Crippen molar-refractivity contribution < 1.29 is 23.2 Å². The van der Waals surface area contributed by atoms with E-state index in [0.29, 0.717) is 0 Å². The van der Waals surface area contributed by atoms with Crippen LogP contribution in [0.4, 0.5) is 13.2 Å². The molecule has 16 heavy (non-hydrogen) atoms. The molecule has 1 atom stereocenters. The molecule has 5 nitrogen and oxygen atoms in total. The lowest BCUT2D eigenvalue weighted by molar-refractivity contribution is -0.140. The molecule has 0 heterocycles. The molecule has 1 unspecified atom stereocenters. The van der Waals surface area contributed by atoms with Gasteiger partial charge < -0.3 is 16.3 Å². The summed E-state index contributed by atoms with van der Waals surface area (Å²) in [6.07, 6.45) is -4.48. The van der Waals surface area contributed by atoms with Gasteiger partial charge in [0.2, 0.25) is 5.91 Å². The Morgan fingerprint density at radius 3 is 2.31 bits per heavy atom. The first-order valence-electron chi connectivity index (χ1n) is 4.51. The molecular weight excluding hydrogens is 227 g/mol. The average molecular weight is 241 g/mol. The topological polar surface area (TPSA) is 87.7 Å². The minimum atomic E-state index is -4.48. The van der Waals surface area contributed by atoms with Crippen molar-refractivity contribution in [2.75, 3.05) is 6.54 Å². The summed E-state index contributed by atoms with van der Waals surface area (Å²) in [5, 5.41) is 12.7. The Kier molecular flexibility index (Phi) is 5.06. The Morgan fingerprint density at radius 1 is 1.50 bits per heavy atom. The number of rotatable bonds is 4. The zero-order chi connectivity index (χ0) is 12.9. The highest BCUT2D eigenvalue weighted by Crippen LogP contribution is 2.15. The second-order valence-corrected chi connectivity index (χ2v) is 3.58. The number of oxime groups is 1. The molecule has 94 valence electrons. The van der Waals surface area contributed by atoms with Crippen LogP contribution >= 0.6 is 0 Å². The van der Waals surface area contributed by atoms with Crippen LogP contribution in [0.15, 0.2) is 5.16 Å². The van der Waals surface area contributed by atoms with Gasteiger partial charge in [-0.3, -0.25) is 4.79 Å². The lowest BCUT2D eigenvalue weighted by Gasteiger charge is -2.19. The van der Waals surface area contributed by atoms with Crippen molar-refractivity contribution in [3.05, 3.63) is 0 Å². The van der Waals surface area contributed by atoms with Gasteiger partial charge in [-0.2, -0.15) is 13.2 Å². The number of alkyl halides is 3. The van der Waals surface area contributed by atoms with Crippen LogP contribution < -0.4 is 11.1 Å². The van der Waals surface area contributed by atoms with E-state index in [-0.39, 0.29) is 5.92 Å². The Bertz CT molecular complexity index is 276. The van der Waals surface area contributed by atoms with Gasteiger partial charge in [-0.1, -0.05) is 19.0 Å². The third-order valence-electron chi connectivity index (χ3n) is 1.85. The van der Waals surface area contributed by atoms with Gasteiger partial charge in [0.15, 0.2) is 5.84 Å². The Balaban J connectivity index is 4.54. The van der Waals surface area contributed by atoms with Gasteiger partial charge in [0.25, 0.3) is 0 Å². The first-order chi connectivity index (χ1) is 7.19. The fraction of sp³-hybridized carbons (Fsp3) is 0.750. The van der Waals surface area contributed by atoms with Crippen LogP contribution in [-0.2, 0) is 4.79 Å². The van der Waals surface area contributed by atoms with Gasteiger partial charge in [-0.15, -0.1) is 0 Å². The van der Waals surface area contributed by atoms with Crippen molar-refractivity contribution in [2.45, 2.75) is 20.0 Å². The highest BCUT2D eigenvalue weighted by Gasteiger charge is 2.32. The van der Waals surface area contributed by atoms with Gasteiger partial charge in [0, 0.05) is 0 Å². The standard InChI is InChI=1S/C8H14F3N3O2/c1-4(2)5(6(12)14-16)7(15)13-3-8(9,10)11/h4-5,16H,3H2,1-2H3,(H2,12,14)(H,13,15). The van der Waals surface area contributed by atoms with Crippen LogP contribution in [-0.4, -0.2) is 29.7 Å². The van der Waals surface area contributed by atoms with E-state index in [4.69, 9.17) is 10.9 Å². The van der Waals surface area contributed by atoms with E-state index in [1.165, 1.54) is 0 Å². The van der Waals surface area contributed by atoms with E-state index in [0.717, 1.165) is 0 Å². The molecule has 0 spiro atoms. The molecule has 0 saturated heterocycles. The van der Waals surface area contributed by atoms with Crippen LogP contribution in [0.5, 0.6) is 0 Å². The number of amides is 1. The fourth-order valence-electron chi connectivity index (χ4n) is 1.14. The Morgan fingerprint density at radius 2 is 2.00 bits per heavy atom. The predicted octanol–water partition coefficient (Wildman–Crippen LogP) is 0.683. The number of carbonyl (C=O) groups is 1. The van der Waals surface area contributed by atoms with E-state index in [9.17, 15) is 18.0 Å². The maximum absolute atomic E-state index is 11.8. The summed E-state index contributed by atoms with van der Waals surface area (Å²) in [5.41, 5.74) is 5.22. The number of nitrogens with one attached hydrogen (secondary N) is 1. The number of nitrogens with zero attached hydrogens (tertiary/aromatic N) is 1. The maximum Gasteiger partial charge on any atom is 0.405 e. The van der Waals surface area contributed by atoms with Crippen molar-refractivity contribution in [1.82, 2.24) is 5.32 Å². The van der Waals surface area contributed by atoms with Crippen LogP contribution in [0, 0.1) is 11.8 Å². The van der Waals surface area contributed by atoms with E-state index in [1.807, 2.05) is 0 Å². The summed E-state index contributed by atoms with van der Waals surface area (Å²) < 4.78 is 35.5. The molecule has 0 aliphatic carbocycles. The molecule has 8 heteroatoms. The second-order valence-electron chi connectivity index (χ2n) is 3.58. The first-order valence-corrected chi connectivity index (χ1v) is 4.51. The number of hydrogen-bond donors (Lipinski definition) is 3. The van der Waals surface area contributed by atoms with E-state index >= 15 is 0 Å². The summed E-state index contributed by atoms with van der Waals surface area (Å²) in [6.45, 7) is 1.72. The lowest BCUT2D eigenvalue weighted by Crippen LogP contribution is -2.44. The van der Waals surface area contributed by atoms with Crippen molar-refractivity contribution in [3.8, 4) is 0 Å². The van der Waals surface area contributed by atoms with Gasteiger partial charge in [-0.05, 0) is 5.92 Å². The van der Waals surface area contributed by atoms with E-state index in [2.05, 4.69) is 5.16 Å². The van der Waals surface area contributed by atoms with Crippen LogP contribution in [0.3, 0.4) is 0 Å². The highest BCUT2D eigenvalue weighted by atomic mass is 19.4. The fourth-order valence-corrected chi connectivity index (χ4v) is 1.14. The molecule has 0 aliphatic heterocycles. The zero-order valence-corrected chi connectivity index (χ0v) is 8.88. The molecule has 0 bridgehead atoms. The molecule has 0 aromatic carbocycles. The highest BCUT2D eigenvalue weighted by molar-refractivity contribution is 6.02. The van der Waals surface area contributed by atoms with Crippen LogP contribution in [0.25, 0.3) is 0 Å². The molecular formula is C8H14F3N3O2. The number of carbonyl (C=O) groups excluding carboxylic acids is 1. The van der Waals surface area contributed by atoms with Gasteiger partial charge in [-0.25, -0.2) is 0 Å². The van der Waals surface area contributed by atoms with Crippen molar-refractivity contribution in [1.29, 1.82) is 0 Å². The second kappa shape index (κ2) is 5.57. The number of amidine groups is 1. The van der Waals surface area contributed by atoms with Crippen molar-refractivity contribution in [3.63, 3.8) is 0 Å². The van der Waals surface area contributed by atoms with Gasteiger partial charge in [0.1, 0.15) is 12.5 Å². The molecule has 1 amide bonds. The molecule has 0 aromatic rings. The number of nitrogens with two attached hydrogens (primary N) is 1. The van der Waals surface area contributed by atoms with E-state index in [1.54, 1.807) is 19.2 Å². The summed E-state index contributed by atoms with van der Waals surface area (Å²) in [4.78, 5) is 11.3. The molecule has 0 aliphatic rings. The third-order valence-corrected chi connectivity index (χ3v) is 1.85. The number of hydrogen-bond acceptors (Lipinski definition) is 3. The largest absolute Gasteiger partial charge is 0.409 e. The van der Waals surface area contributed by atoms with Gasteiger partial charge >= 0.3 is 6.18 Å². The molecule has 0 rings (SSSR count). The SMILES string of the molecule is CC(C)C(C(=O)NCC(F)(F)F)C(N)=NO. The zero-order valence-electron chi connectivity index (χ0n) is 8.88.